The van der Waals surface area contributed by atoms with Gasteiger partial charge < -0.3 is 9.84 Å². The lowest BCUT2D eigenvalue weighted by Crippen LogP contribution is -2.23. The highest BCUT2D eigenvalue weighted by molar-refractivity contribution is 5.73. The SMILES string of the molecule is CC(C)(C)OC(=O)CCCCCCCCCCC(C)(C)C(=O)O. The third kappa shape index (κ3) is 13.1. The summed E-state index contributed by atoms with van der Waals surface area (Å²) < 4.78 is 5.27. The van der Waals surface area contributed by atoms with Crippen molar-refractivity contribution in [3.63, 3.8) is 0 Å². The predicted octanol–water partition coefficient (Wildman–Crippen LogP) is 5.34. The molecule has 0 unspecified atom stereocenters. The van der Waals surface area contributed by atoms with Crippen molar-refractivity contribution >= 4 is 11.9 Å². The molecule has 1 N–H and O–H groups in total. The maximum Gasteiger partial charge on any atom is 0.309 e. The van der Waals surface area contributed by atoms with Gasteiger partial charge in [0.25, 0.3) is 0 Å². The smallest absolute Gasteiger partial charge is 0.309 e. The summed E-state index contributed by atoms with van der Waals surface area (Å²) in [6.07, 6.45) is 10.0. The predicted molar refractivity (Wildman–Crippen MR) is 93.4 cm³/mol. The lowest BCUT2D eigenvalue weighted by Gasteiger charge is -2.19. The van der Waals surface area contributed by atoms with Gasteiger partial charge in [0.2, 0.25) is 0 Å². The summed E-state index contributed by atoms with van der Waals surface area (Å²) in [4.78, 5) is 22.5. The first-order chi connectivity index (χ1) is 10.5. The summed E-state index contributed by atoms with van der Waals surface area (Å²) in [7, 11) is 0. The highest BCUT2D eigenvalue weighted by atomic mass is 16.6. The van der Waals surface area contributed by atoms with Crippen LogP contribution in [0.2, 0.25) is 0 Å². The quantitative estimate of drug-likeness (QED) is 0.388. The van der Waals surface area contributed by atoms with Crippen molar-refractivity contribution in [3.05, 3.63) is 0 Å². The van der Waals surface area contributed by atoms with Crippen LogP contribution < -0.4 is 0 Å². The summed E-state index contributed by atoms with van der Waals surface area (Å²) in [5.74, 6) is -0.805. The van der Waals surface area contributed by atoms with E-state index in [0.29, 0.717) is 6.42 Å². The van der Waals surface area contributed by atoms with E-state index >= 15 is 0 Å². The van der Waals surface area contributed by atoms with Crippen LogP contribution in [0.25, 0.3) is 0 Å². The van der Waals surface area contributed by atoms with Crippen molar-refractivity contribution in [1.29, 1.82) is 0 Å². The molecule has 0 aliphatic heterocycles. The zero-order chi connectivity index (χ0) is 17.9. The van der Waals surface area contributed by atoms with Gasteiger partial charge in [-0.05, 0) is 47.5 Å². The maximum atomic E-state index is 11.5. The average molecular weight is 328 g/mol. The van der Waals surface area contributed by atoms with Gasteiger partial charge in [0.1, 0.15) is 5.60 Å². The van der Waals surface area contributed by atoms with Gasteiger partial charge in [0.05, 0.1) is 5.41 Å². The third-order valence-electron chi connectivity index (χ3n) is 3.93. The summed E-state index contributed by atoms with van der Waals surface area (Å²) in [5, 5.41) is 9.03. The van der Waals surface area contributed by atoms with Crippen LogP contribution in [0.1, 0.15) is 98.8 Å². The van der Waals surface area contributed by atoms with Crippen molar-refractivity contribution in [2.75, 3.05) is 0 Å². The minimum atomic E-state index is -0.706. The maximum absolute atomic E-state index is 11.5. The number of esters is 1. The van der Waals surface area contributed by atoms with E-state index in [1.165, 1.54) is 19.3 Å². The molecule has 0 heterocycles. The van der Waals surface area contributed by atoms with Crippen molar-refractivity contribution in [3.8, 4) is 0 Å². The van der Waals surface area contributed by atoms with Crippen LogP contribution in [0.5, 0.6) is 0 Å². The van der Waals surface area contributed by atoms with Crippen molar-refractivity contribution in [2.45, 2.75) is 104 Å². The first kappa shape index (κ1) is 21.9. The molecule has 23 heavy (non-hydrogen) atoms. The number of hydrogen-bond donors (Lipinski definition) is 1. The van der Waals surface area contributed by atoms with Gasteiger partial charge in [-0.1, -0.05) is 44.9 Å². The Labute approximate surface area is 142 Å². The molecule has 0 aromatic heterocycles. The number of carboxylic acid groups (broad SMARTS) is 1. The Balaban J connectivity index is 3.41. The zero-order valence-corrected chi connectivity index (χ0v) is 15.7. The fourth-order valence-corrected chi connectivity index (χ4v) is 2.40. The van der Waals surface area contributed by atoms with Gasteiger partial charge in [-0.2, -0.15) is 0 Å². The normalized spacial score (nSPS) is 12.2. The van der Waals surface area contributed by atoms with Crippen LogP contribution in [0.3, 0.4) is 0 Å². The summed E-state index contributed by atoms with van der Waals surface area (Å²) >= 11 is 0. The van der Waals surface area contributed by atoms with Gasteiger partial charge in [-0.3, -0.25) is 9.59 Å². The second-order valence-electron chi connectivity index (χ2n) is 8.10. The first-order valence-corrected chi connectivity index (χ1v) is 9.00. The van der Waals surface area contributed by atoms with E-state index in [2.05, 4.69) is 0 Å². The number of hydrogen-bond acceptors (Lipinski definition) is 3. The minimum absolute atomic E-state index is 0.0986. The molecule has 0 fully saturated rings. The second-order valence-corrected chi connectivity index (χ2v) is 8.10. The van der Waals surface area contributed by atoms with Crippen LogP contribution in [-0.2, 0) is 14.3 Å². The number of rotatable bonds is 12. The van der Waals surface area contributed by atoms with Crippen LogP contribution in [0.15, 0.2) is 0 Å². The van der Waals surface area contributed by atoms with Crippen molar-refractivity contribution in [2.24, 2.45) is 5.41 Å². The standard InChI is InChI=1S/C19H36O4/c1-18(2,3)23-16(20)14-12-10-8-6-7-9-11-13-15-19(4,5)17(21)22/h6-15H2,1-5H3,(H,21,22). The Bertz CT molecular complexity index is 353. The number of carbonyl (C=O) groups excluding carboxylic acids is 1. The number of carbonyl (C=O) groups is 2. The second kappa shape index (κ2) is 10.7. The number of carboxylic acids is 1. The summed E-state index contributed by atoms with van der Waals surface area (Å²) in [6, 6.07) is 0. The molecule has 0 aliphatic rings. The van der Waals surface area contributed by atoms with Crippen LogP contribution in [0, 0.1) is 5.41 Å². The molecule has 0 saturated heterocycles. The van der Waals surface area contributed by atoms with E-state index in [9.17, 15) is 9.59 Å². The van der Waals surface area contributed by atoms with Gasteiger partial charge >= 0.3 is 11.9 Å². The molecule has 0 rings (SSSR count). The molecule has 136 valence electrons. The van der Waals surface area contributed by atoms with E-state index in [0.717, 1.165) is 38.5 Å². The van der Waals surface area contributed by atoms with Gasteiger partial charge in [-0.25, -0.2) is 0 Å². The highest BCUT2D eigenvalue weighted by Crippen LogP contribution is 2.24. The van der Waals surface area contributed by atoms with Crippen molar-refractivity contribution < 1.29 is 19.4 Å². The van der Waals surface area contributed by atoms with Crippen molar-refractivity contribution in [1.82, 2.24) is 0 Å². The first-order valence-electron chi connectivity index (χ1n) is 9.00. The Morgan fingerprint density at radius 1 is 0.783 bits per heavy atom. The molecule has 0 atom stereocenters. The lowest BCUT2D eigenvalue weighted by atomic mass is 9.87. The molecule has 0 saturated carbocycles. The van der Waals surface area contributed by atoms with E-state index in [4.69, 9.17) is 9.84 Å². The fraction of sp³-hybridized carbons (Fsp3) is 0.895. The van der Waals surface area contributed by atoms with Crippen LogP contribution in [0.4, 0.5) is 0 Å². The monoisotopic (exact) mass is 328 g/mol. The molecule has 4 heteroatoms. The summed E-state index contributed by atoms with van der Waals surface area (Å²) in [5.41, 5.74) is -0.978. The number of aliphatic carboxylic acids is 1. The fourth-order valence-electron chi connectivity index (χ4n) is 2.40. The minimum Gasteiger partial charge on any atom is -0.481 e. The van der Waals surface area contributed by atoms with E-state index in [-0.39, 0.29) is 11.6 Å². The molecule has 4 nitrogen and oxygen atoms in total. The molecular weight excluding hydrogens is 292 g/mol. The Morgan fingerprint density at radius 2 is 1.22 bits per heavy atom. The van der Waals surface area contributed by atoms with Crippen LogP contribution in [-0.4, -0.2) is 22.6 Å². The Morgan fingerprint density at radius 3 is 1.65 bits per heavy atom. The summed E-state index contributed by atoms with van der Waals surface area (Å²) in [6.45, 7) is 9.26. The molecule has 0 aliphatic carbocycles. The van der Waals surface area contributed by atoms with Gasteiger partial charge in [-0.15, -0.1) is 0 Å². The number of ether oxygens (including phenoxy) is 1. The zero-order valence-electron chi connectivity index (χ0n) is 15.7. The topological polar surface area (TPSA) is 63.6 Å². The molecular formula is C19H36O4. The van der Waals surface area contributed by atoms with E-state index in [1.54, 1.807) is 13.8 Å². The molecule has 0 aromatic rings. The molecule has 0 radical (unpaired) electrons. The van der Waals surface area contributed by atoms with Crippen LogP contribution >= 0.6 is 0 Å². The Hall–Kier alpha value is -1.06. The number of unbranched alkanes of at least 4 members (excludes halogenated alkanes) is 7. The van der Waals surface area contributed by atoms with E-state index < -0.39 is 11.4 Å². The average Bonchev–Trinajstić information content (AvgIpc) is 2.38. The molecule has 0 spiro atoms. The third-order valence-corrected chi connectivity index (χ3v) is 3.93. The molecule has 0 bridgehead atoms. The largest absolute Gasteiger partial charge is 0.481 e. The van der Waals surface area contributed by atoms with E-state index in [1.807, 2.05) is 20.8 Å². The lowest BCUT2D eigenvalue weighted by molar-refractivity contribution is -0.155. The Kier molecular flexibility index (Phi) is 10.2. The van der Waals surface area contributed by atoms with Gasteiger partial charge in [0.15, 0.2) is 0 Å². The molecule has 0 amide bonds. The highest BCUT2D eigenvalue weighted by Gasteiger charge is 2.25. The molecule has 0 aromatic carbocycles. The van der Waals surface area contributed by atoms with Gasteiger partial charge in [0, 0.05) is 6.42 Å².